The van der Waals surface area contributed by atoms with Crippen molar-refractivity contribution in [2.75, 3.05) is 19.5 Å². The number of thioether (sulfide) groups is 1. The summed E-state index contributed by atoms with van der Waals surface area (Å²) in [7, 11) is 1.65. The maximum Gasteiger partial charge on any atom is 0.191 e. The molecule has 6 heteroatoms. The van der Waals surface area contributed by atoms with E-state index in [2.05, 4.69) is 17.1 Å². The molecule has 1 heterocycles. The number of rotatable bonds is 8. The third kappa shape index (κ3) is 4.41. The minimum Gasteiger partial charge on any atom is -0.383 e. The highest BCUT2D eigenvalue weighted by molar-refractivity contribution is 7.99. The number of aromatic nitrogens is 3. The van der Waals surface area contributed by atoms with Crippen molar-refractivity contribution in [1.82, 2.24) is 14.8 Å². The standard InChI is InChI=1S/C15H19N3O2S/c1-3-12-4-6-13(7-5-12)14(19)10-21-15-17-16-11-18(15)8-9-20-2/h4-7,11H,3,8-10H2,1-2H3. The Bertz CT molecular complexity index is 581. The van der Waals surface area contributed by atoms with E-state index >= 15 is 0 Å². The van der Waals surface area contributed by atoms with Crippen LogP contribution in [-0.4, -0.2) is 40.0 Å². The minimum atomic E-state index is 0.101. The molecular formula is C15H19N3O2S. The summed E-state index contributed by atoms with van der Waals surface area (Å²) >= 11 is 1.40. The molecule has 2 rings (SSSR count). The number of carbonyl (C=O) groups excluding carboxylic acids is 1. The van der Waals surface area contributed by atoms with Gasteiger partial charge in [0, 0.05) is 19.2 Å². The quantitative estimate of drug-likeness (QED) is 0.554. The fourth-order valence-corrected chi connectivity index (χ4v) is 2.67. The lowest BCUT2D eigenvalue weighted by Gasteiger charge is -2.05. The van der Waals surface area contributed by atoms with Gasteiger partial charge in [0.25, 0.3) is 0 Å². The van der Waals surface area contributed by atoms with Crippen LogP contribution in [0, 0.1) is 0 Å². The molecule has 0 spiro atoms. The molecule has 0 aliphatic carbocycles. The summed E-state index contributed by atoms with van der Waals surface area (Å²) in [5.41, 5.74) is 1.97. The van der Waals surface area contributed by atoms with Crippen LogP contribution < -0.4 is 0 Å². The van der Waals surface area contributed by atoms with Crippen molar-refractivity contribution in [2.24, 2.45) is 0 Å². The van der Waals surface area contributed by atoms with Crippen molar-refractivity contribution in [3.05, 3.63) is 41.7 Å². The van der Waals surface area contributed by atoms with Crippen LogP contribution in [0.2, 0.25) is 0 Å². The van der Waals surface area contributed by atoms with Crippen LogP contribution in [0.1, 0.15) is 22.8 Å². The van der Waals surface area contributed by atoms with Crippen LogP contribution in [0.5, 0.6) is 0 Å². The number of methoxy groups -OCH3 is 1. The third-order valence-electron chi connectivity index (χ3n) is 3.13. The molecule has 21 heavy (non-hydrogen) atoms. The van der Waals surface area contributed by atoms with E-state index in [-0.39, 0.29) is 5.78 Å². The number of ether oxygens (including phenoxy) is 1. The van der Waals surface area contributed by atoms with E-state index in [1.807, 2.05) is 28.8 Å². The molecule has 0 aliphatic rings. The number of hydrogen-bond acceptors (Lipinski definition) is 5. The predicted molar refractivity (Wildman–Crippen MR) is 82.8 cm³/mol. The predicted octanol–water partition coefficient (Wildman–Crippen LogP) is 2.46. The van der Waals surface area contributed by atoms with Crippen molar-refractivity contribution >= 4 is 17.5 Å². The molecule has 0 unspecified atom stereocenters. The lowest BCUT2D eigenvalue weighted by Crippen LogP contribution is -2.07. The summed E-state index contributed by atoms with van der Waals surface area (Å²) in [6.07, 6.45) is 2.63. The van der Waals surface area contributed by atoms with Gasteiger partial charge in [0.2, 0.25) is 0 Å². The average Bonchev–Trinajstić information content (AvgIpc) is 2.98. The highest BCUT2D eigenvalue weighted by Crippen LogP contribution is 2.17. The van der Waals surface area contributed by atoms with Gasteiger partial charge in [-0.05, 0) is 12.0 Å². The Balaban J connectivity index is 1.92. The molecule has 0 radical (unpaired) electrons. The van der Waals surface area contributed by atoms with Gasteiger partial charge >= 0.3 is 0 Å². The Morgan fingerprint density at radius 3 is 2.76 bits per heavy atom. The Labute approximate surface area is 128 Å². The van der Waals surface area contributed by atoms with Crippen LogP contribution in [-0.2, 0) is 17.7 Å². The summed E-state index contributed by atoms with van der Waals surface area (Å²) in [6.45, 7) is 3.38. The highest BCUT2D eigenvalue weighted by atomic mass is 32.2. The molecule has 0 N–H and O–H groups in total. The van der Waals surface area contributed by atoms with Crippen molar-refractivity contribution < 1.29 is 9.53 Å². The molecule has 112 valence electrons. The van der Waals surface area contributed by atoms with Crippen molar-refractivity contribution in [1.29, 1.82) is 0 Å². The molecule has 0 aliphatic heterocycles. The topological polar surface area (TPSA) is 57.0 Å². The number of nitrogens with zero attached hydrogens (tertiary/aromatic N) is 3. The van der Waals surface area contributed by atoms with Gasteiger partial charge in [-0.1, -0.05) is 43.0 Å². The second kappa shape index (κ2) is 7.95. The molecule has 0 amide bonds. The van der Waals surface area contributed by atoms with Gasteiger partial charge in [-0.25, -0.2) is 0 Å². The van der Waals surface area contributed by atoms with Crippen LogP contribution >= 0.6 is 11.8 Å². The number of hydrogen-bond donors (Lipinski definition) is 0. The van der Waals surface area contributed by atoms with Gasteiger partial charge in [-0.3, -0.25) is 4.79 Å². The summed E-state index contributed by atoms with van der Waals surface area (Å²) < 4.78 is 6.92. The van der Waals surface area contributed by atoms with Crippen molar-refractivity contribution in [3.63, 3.8) is 0 Å². The first kappa shape index (κ1) is 15.7. The summed E-state index contributed by atoms with van der Waals surface area (Å²) in [5, 5.41) is 8.65. The normalized spacial score (nSPS) is 10.8. The first-order valence-electron chi connectivity index (χ1n) is 6.86. The first-order chi connectivity index (χ1) is 10.2. The third-order valence-corrected chi connectivity index (χ3v) is 4.11. The lowest BCUT2D eigenvalue weighted by molar-refractivity contribution is 0.102. The van der Waals surface area contributed by atoms with E-state index in [1.165, 1.54) is 17.3 Å². The Morgan fingerprint density at radius 1 is 1.33 bits per heavy atom. The van der Waals surface area contributed by atoms with E-state index in [0.29, 0.717) is 18.9 Å². The van der Waals surface area contributed by atoms with Gasteiger partial charge in [0.1, 0.15) is 6.33 Å². The van der Waals surface area contributed by atoms with Crippen molar-refractivity contribution in [3.8, 4) is 0 Å². The lowest BCUT2D eigenvalue weighted by atomic mass is 10.1. The zero-order valence-corrected chi connectivity index (χ0v) is 13.1. The average molecular weight is 305 g/mol. The van der Waals surface area contributed by atoms with Crippen molar-refractivity contribution in [2.45, 2.75) is 25.0 Å². The fraction of sp³-hybridized carbons (Fsp3) is 0.400. The second-order valence-corrected chi connectivity index (χ2v) is 5.50. The van der Waals surface area contributed by atoms with Gasteiger partial charge in [-0.2, -0.15) is 0 Å². The maximum atomic E-state index is 12.2. The molecule has 0 bridgehead atoms. The molecule has 1 aromatic heterocycles. The first-order valence-corrected chi connectivity index (χ1v) is 7.84. The summed E-state index contributed by atoms with van der Waals surface area (Å²) in [5.74, 6) is 0.459. The molecule has 0 atom stereocenters. The maximum absolute atomic E-state index is 12.2. The van der Waals surface area contributed by atoms with E-state index < -0.39 is 0 Å². The Kier molecular flexibility index (Phi) is 5.95. The Hall–Kier alpha value is -1.66. The van der Waals surface area contributed by atoms with E-state index in [4.69, 9.17) is 4.74 Å². The Morgan fingerprint density at radius 2 is 2.10 bits per heavy atom. The SMILES string of the molecule is CCc1ccc(C(=O)CSc2nncn2CCOC)cc1. The molecule has 5 nitrogen and oxygen atoms in total. The molecule has 0 fully saturated rings. The number of carbonyl (C=O) groups is 1. The number of Topliss-reactive ketones (excluding diaryl/α,β-unsaturated/α-hetero) is 1. The van der Waals surface area contributed by atoms with Gasteiger partial charge in [0.15, 0.2) is 10.9 Å². The monoisotopic (exact) mass is 305 g/mol. The smallest absolute Gasteiger partial charge is 0.191 e. The molecular weight excluding hydrogens is 286 g/mol. The van der Waals surface area contributed by atoms with Crippen LogP contribution in [0.3, 0.4) is 0 Å². The summed E-state index contributed by atoms with van der Waals surface area (Å²) in [6, 6.07) is 7.77. The molecule has 0 saturated carbocycles. The molecule has 2 aromatic rings. The number of benzene rings is 1. The molecule has 0 saturated heterocycles. The second-order valence-electron chi connectivity index (χ2n) is 4.56. The van der Waals surface area contributed by atoms with E-state index in [1.54, 1.807) is 13.4 Å². The van der Waals surface area contributed by atoms with Crippen LogP contribution in [0.4, 0.5) is 0 Å². The number of ketones is 1. The largest absolute Gasteiger partial charge is 0.383 e. The van der Waals surface area contributed by atoms with E-state index in [9.17, 15) is 4.79 Å². The van der Waals surface area contributed by atoms with Gasteiger partial charge < -0.3 is 9.30 Å². The number of aryl methyl sites for hydroxylation is 1. The fourth-order valence-electron chi connectivity index (χ4n) is 1.84. The van der Waals surface area contributed by atoms with Gasteiger partial charge in [0.05, 0.1) is 12.4 Å². The van der Waals surface area contributed by atoms with Gasteiger partial charge in [-0.15, -0.1) is 10.2 Å². The summed E-state index contributed by atoms with van der Waals surface area (Å²) in [4.78, 5) is 12.2. The van der Waals surface area contributed by atoms with Crippen LogP contribution in [0.25, 0.3) is 0 Å². The molecule has 1 aromatic carbocycles. The highest BCUT2D eigenvalue weighted by Gasteiger charge is 2.10. The van der Waals surface area contributed by atoms with Crippen LogP contribution in [0.15, 0.2) is 35.7 Å². The zero-order valence-electron chi connectivity index (χ0n) is 12.3. The zero-order chi connectivity index (χ0) is 15.1. The van der Waals surface area contributed by atoms with E-state index in [0.717, 1.165) is 17.1 Å². The minimum absolute atomic E-state index is 0.101.